The summed E-state index contributed by atoms with van der Waals surface area (Å²) >= 11 is 0. The maximum Gasteiger partial charge on any atom is 0.225 e. The molecular formula is C14H25NO. The molecule has 2 rings (SSSR count). The van der Waals surface area contributed by atoms with Crippen molar-refractivity contribution in [3.05, 3.63) is 0 Å². The summed E-state index contributed by atoms with van der Waals surface area (Å²) in [4.78, 5) is 14.4. The van der Waals surface area contributed by atoms with Gasteiger partial charge >= 0.3 is 0 Å². The van der Waals surface area contributed by atoms with Gasteiger partial charge in [-0.05, 0) is 31.6 Å². The molecule has 0 aromatic rings. The molecule has 0 aromatic carbocycles. The lowest BCUT2D eigenvalue weighted by Crippen LogP contribution is -2.42. The van der Waals surface area contributed by atoms with E-state index in [4.69, 9.17) is 0 Å². The largest absolute Gasteiger partial charge is 0.342 e. The maximum absolute atomic E-state index is 12.3. The molecule has 2 fully saturated rings. The lowest BCUT2D eigenvalue weighted by molar-refractivity contribution is -0.138. The molecule has 0 bridgehead atoms. The molecule has 0 N–H and O–H groups in total. The summed E-state index contributed by atoms with van der Waals surface area (Å²) in [5, 5.41) is 0. The molecule has 1 aliphatic carbocycles. The zero-order valence-electron chi connectivity index (χ0n) is 10.6. The molecule has 0 atom stereocenters. The van der Waals surface area contributed by atoms with Gasteiger partial charge in [0.25, 0.3) is 0 Å². The smallest absolute Gasteiger partial charge is 0.225 e. The van der Waals surface area contributed by atoms with Crippen LogP contribution >= 0.6 is 0 Å². The average Bonchev–Trinajstić information content (AvgIpc) is 2.39. The van der Waals surface area contributed by atoms with E-state index in [9.17, 15) is 4.79 Å². The van der Waals surface area contributed by atoms with Crippen LogP contribution < -0.4 is 0 Å². The number of hydrogen-bond donors (Lipinski definition) is 0. The van der Waals surface area contributed by atoms with E-state index in [1.807, 2.05) is 0 Å². The normalized spacial score (nSPS) is 24.7. The van der Waals surface area contributed by atoms with Crippen LogP contribution in [0.2, 0.25) is 0 Å². The third-order valence-corrected chi connectivity index (χ3v) is 4.46. The first kappa shape index (κ1) is 11.9. The highest BCUT2D eigenvalue weighted by Crippen LogP contribution is 2.28. The van der Waals surface area contributed by atoms with Gasteiger partial charge in [-0.3, -0.25) is 4.79 Å². The van der Waals surface area contributed by atoms with Crippen molar-refractivity contribution in [2.24, 2.45) is 11.8 Å². The van der Waals surface area contributed by atoms with Crippen LogP contribution in [-0.2, 0) is 4.79 Å². The summed E-state index contributed by atoms with van der Waals surface area (Å²) in [7, 11) is 0. The Morgan fingerprint density at radius 3 is 2.25 bits per heavy atom. The number of amides is 1. The van der Waals surface area contributed by atoms with Gasteiger partial charge in [0.05, 0.1) is 0 Å². The van der Waals surface area contributed by atoms with Crippen molar-refractivity contribution in [2.75, 3.05) is 13.1 Å². The second kappa shape index (κ2) is 5.70. The number of nitrogens with zero attached hydrogens (tertiary/aromatic N) is 1. The molecule has 1 saturated heterocycles. The van der Waals surface area contributed by atoms with Crippen LogP contribution in [0.15, 0.2) is 0 Å². The van der Waals surface area contributed by atoms with Gasteiger partial charge in [0.15, 0.2) is 0 Å². The predicted molar refractivity (Wildman–Crippen MR) is 66.2 cm³/mol. The highest BCUT2D eigenvalue weighted by atomic mass is 16.2. The molecule has 1 aliphatic heterocycles. The third kappa shape index (κ3) is 2.78. The van der Waals surface area contributed by atoms with Gasteiger partial charge in [-0.15, -0.1) is 0 Å². The van der Waals surface area contributed by atoms with Gasteiger partial charge in [0.1, 0.15) is 0 Å². The van der Waals surface area contributed by atoms with Crippen molar-refractivity contribution in [1.82, 2.24) is 4.90 Å². The second-order valence-electron chi connectivity index (χ2n) is 5.51. The fourth-order valence-electron chi connectivity index (χ4n) is 3.17. The van der Waals surface area contributed by atoms with Gasteiger partial charge in [-0.25, -0.2) is 0 Å². The molecule has 92 valence electrons. The van der Waals surface area contributed by atoms with Crippen LogP contribution in [0.5, 0.6) is 0 Å². The highest BCUT2D eigenvalue weighted by Gasteiger charge is 2.28. The maximum atomic E-state index is 12.3. The van der Waals surface area contributed by atoms with Crippen molar-refractivity contribution in [3.63, 3.8) is 0 Å². The molecule has 0 unspecified atom stereocenters. The number of carbonyl (C=O) groups is 1. The second-order valence-corrected chi connectivity index (χ2v) is 5.51. The van der Waals surface area contributed by atoms with E-state index in [0.29, 0.717) is 11.8 Å². The molecule has 0 spiro atoms. The predicted octanol–water partition coefficient (Wildman–Crippen LogP) is 3.22. The van der Waals surface area contributed by atoms with Crippen molar-refractivity contribution in [2.45, 2.75) is 58.3 Å². The monoisotopic (exact) mass is 223 g/mol. The summed E-state index contributed by atoms with van der Waals surface area (Å²) in [5.41, 5.74) is 0. The minimum absolute atomic E-state index is 0.368. The molecular weight excluding hydrogens is 198 g/mol. The van der Waals surface area contributed by atoms with Crippen LogP contribution in [0, 0.1) is 11.8 Å². The van der Waals surface area contributed by atoms with Crippen LogP contribution in [-0.4, -0.2) is 23.9 Å². The number of likely N-dealkylation sites (tertiary alicyclic amines) is 1. The molecule has 1 saturated carbocycles. The van der Waals surface area contributed by atoms with E-state index in [1.54, 1.807) is 0 Å². The molecule has 2 aliphatic rings. The van der Waals surface area contributed by atoms with Crippen LogP contribution in [0.4, 0.5) is 0 Å². The van der Waals surface area contributed by atoms with Gasteiger partial charge in [0.2, 0.25) is 5.91 Å². The van der Waals surface area contributed by atoms with Crippen LogP contribution in [0.3, 0.4) is 0 Å². The number of hydrogen-bond acceptors (Lipinski definition) is 1. The number of piperidine rings is 1. The summed E-state index contributed by atoms with van der Waals surface area (Å²) in [5.74, 6) is 1.71. The Hall–Kier alpha value is -0.530. The fourth-order valence-corrected chi connectivity index (χ4v) is 3.17. The fraction of sp³-hybridized carbons (Fsp3) is 0.929. The van der Waals surface area contributed by atoms with Crippen LogP contribution in [0.25, 0.3) is 0 Å². The van der Waals surface area contributed by atoms with Gasteiger partial charge < -0.3 is 4.90 Å². The molecule has 16 heavy (non-hydrogen) atoms. The zero-order valence-corrected chi connectivity index (χ0v) is 10.6. The molecule has 2 nitrogen and oxygen atoms in total. The Labute approximate surface area is 99.4 Å². The van der Waals surface area contributed by atoms with E-state index < -0.39 is 0 Å². The Morgan fingerprint density at radius 1 is 1.06 bits per heavy atom. The molecule has 2 heteroatoms. The topological polar surface area (TPSA) is 20.3 Å². The third-order valence-electron chi connectivity index (χ3n) is 4.46. The number of carbonyl (C=O) groups excluding carboxylic acids is 1. The zero-order chi connectivity index (χ0) is 11.4. The Kier molecular flexibility index (Phi) is 4.25. The summed E-state index contributed by atoms with van der Waals surface area (Å²) in [6.07, 6.45) is 9.90. The van der Waals surface area contributed by atoms with E-state index in [0.717, 1.165) is 31.8 Å². The molecule has 0 aromatic heterocycles. The Balaban J connectivity index is 1.81. The van der Waals surface area contributed by atoms with Crippen molar-refractivity contribution in [1.29, 1.82) is 0 Å². The van der Waals surface area contributed by atoms with Crippen molar-refractivity contribution in [3.8, 4) is 0 Å². The van der Waals surface area contributed by atoms with Crippen molar-refractivity contribution < 1.29 is 4.79 Å². The standard InChI is InChI=1S/C14H25NO/c1-2-12-8-10-15(11-9-12)14(16)13-6-4-3-5-7-13/h12-13H,2-11H2,1H3. The average molecular weight is 223 g/mol. The first-order valence-corrected chi connectivity index (χ1v) is 7.10. The number of rotatable bonds is 2. The summed E-state index contributed by atoms with van der Waals surface area (Å²) in [6.45, 7) is 4.31. The van der Waals surface area contributed by atoms with E-state index in [-0.39, 0.29) is 0 Å². The van der Waals surface area contributed by atoms with E-state index in [1.165, 1.54) is 38.5 Å². The molecule has 1 heterocycles. The Bertz CT molecular complexity index is 225. The highest BCUT2D eigenvalue weighted by molar-refractivity contribution is 5.79. The minimum atomic E-state index is 0.368. The molecule has 1 amide bonds. The summed E-state index contributed by atoms with van der Waals surface area (Å²) < 4.78 is 0. The van der Waals surface area contributed by atoms with Crippen molar-refractivity contribution >= 4 is 5.91 Å². The van der Waals surface area contributed by atoms with Gasteiger partial charge in [-0.1, -0.05) is 32.6 Å². The van der Waals surface area contributed by atoms with E-state index in [2.05, 4.69) is 11.8 Å². The van der Waals surface area contributed by atoms with E-state index >= 15 is 0 Å². The summed E-state index contributed by atoms with van der Waals surface area (Å²) in [6, 6.07) is 0. The van der Waals surface area contributed by atoms with Gasteiger partial charge in [0, 0.05) is 19.0 Å². The minimum Gasteiger partial charge on any atom is -0.342 e. The SMILES string of the molecule is CCC1CCN(C(=O)C2CCCCC2)CC1. The van der Waals surface area contributed by atoms with Crippen LogP contribution in [0.1, 0.15) is 58.3 Å². The molecule has 0 radical (unpaired) electrons. The lowest BCUT2D eigenvalue weighted by atomic mass is 9.87. The Morgan fingerprint density at radius 2 is 1.69 bits per heavy atom. The quantitative estimate of drug-likeness (QED) is 0.704. The van der Waals surface area contributed by atoms with Gasteiger partial charge in [-0.2, -0.15) is 0 Å². The lowest BCUT2D eigenvalue weighted by Gasteiger charge is -2.35. The first-order chi connectivity index (χ1) is 7.81. The first-order valence-electron chi connectivity index (χ1n) is 7.10.